The Labute approximate surface area is 108 Å². The summed E-state index contributed by atoms with van der Waals surface area (Å²) in [4.78, 5) is 11.6. The lowest BCUT2D eigenvalue weighted by molar-refractivity contribution is 0.0508. The van der Waals surface area contributed by atoms with Crippen LogP contribution in [0.3, 0.4) is 0 Å². The number of amides is 1. The van der Waals surface area contributed by atoms with Crippen LogP contribution in [0.4, 0.5) is 4.79 Å². The molecule has 0 aliphatic rings. The molecule has 1 amide bonds. The van der Waals surface area contributed by atoms with Crippen LogP contribution in [0.25, 0.3) is 0 Å². The fourth-order valence-corrected chi connectivity index (χ4v) is 1.49. The Morgan fingerprint density at radius 2 is 2.11 bits per heavy atom. The summed E-state index contributed by atoms with van der Waals surface area (Å²) in [5.74, 6) is 0. The van der Waals surface area contributed by atoms with Crippen LogP contribution in [0.15, 0.2) is 24.3 Å². The molecule has 0 radical (unpaired) electrons. The second kappa shape index (κ2) is 5.67. The quantitative estimate of drug-likeness (QED) is 0.806. The molecule has 0 bridgehead atoms. The summed E-state index contributed by atoms with van der Waals surface area (Å²) in [6.07, 6.45) is 0.846. The molecule has 1 unspecified atom stereocenters. The van der Waals surface area contributed by atoms with Crippen molar-refractivity contribution < 1.29 is 9.53 Å². The van der Waals surface area contributed by atoms with Crippen LogP contribution in [0.2, 0.25) is 0 Å². The molecule has 0 aliphatic heterocycles. The summed E-state index contributed by atoms with van der Waals surface area (Å²) < 4.78 is 5.19. The first-order valence-corrected chi connectivity index (χ1v) is 5.92. The zero-order valence-electron chi connectivity index (χ0n) is 11.3. The highest BCUT2D eigenvalue weighted by atomic mass is 16.6. The van der Waals surface area contributed by atoms with Gasteiger partial charge in [-0.15, -0.1) is 0 Å². The van der Waals surface area contributed by atoms with Gasteiger partial charge in [-0.2, -0.15) is 0 Å². The first kappa shape index (κ1) is 14.2. The third-order valence-corrected chi connectivity index (χ3v) is 2.31. The van der Waals surface area contributed by atoms with Gasteiger partial charge < -0.3 is 15.5 Å². The average Bonchev–Trinajstić information content (AvgIpc) is 2.26. The minimum atomic E-state index is -0.499. The van der Waals surface area contributed by atoms with Crippen LogP contribution in [0.5, 0.6) is 0 Å². The fraction of sp³-hybridized carbons (Fsp3) is 0.429. The molecular weight excluding hydrogens is 228 g/mol. The molecule has 0 saturated heterocycles. The Balaban J connectivity index is 2.67. The van der Waals surface area contributed by atoms with Gasteiger partial charge in [0.05, 0.1) is 6.04 Å². The smallest absolute Gasteiger partial charge is 0.408 e. The Hall–Kier alpha value is -1.84. The monoisotopic (exact) mass is 248 g/mol. The summed E-state index contributed by atoms with van der Waals surface area (Å²) in [7, 11) is 0. The predicted octanol–water partition coefficient (Wildman–Crippen LogP) is 3.27. The zero-order valence-corrected chi connectivity index (χ0v) is 11.3. The SMILES string of the molecule is CC(NC(=O)OC(C)(C)C)c1cccc(C=N)c1. The van der Waals surface area contributed by atoms with Gasteiger partial charge in [0.1, 0.15) is 5.60 Å². The number of nitrogens with one attached hydrogen (secondary N) is 2. The van der Waals surface area contributed by atoms with Gasteiger partial charge in [0, 0.05) is 6.21 Å². The summed E-state index contributed by atoms with van der Waals surface area (Å²) in [5, 5.41) is 9.97. The van der Waals surface area contributed by atoms with E-state index in [2.05, 4.69) is 5.32 Å². The number of rotatable bonds is 3. The van der Waals surface area contributed by atoms with Crippen LogP contribution >= 0.6 is 0 Å². The van der Waals surface area contributed by atoms with Gasteiger partial charge in [0.2, 0.25) is 0 Å². The van der Waals surface area contributed by atoms with E-state index in [-0.39, 0.29) is 6.04 Å². The van der Waals surface area contributed by atoms with Crippen LogP contribution in [0, 0.1) is 5.41 Å². The van der Waals surface area contributed by atoms with Crippen molar-refractivity contribution in [1.29, 1.82) is 5.41 Å². The lowest BCUT2D eigenvalue weighted by Gasteiger charge is -2.22. The van der Waals surface area contributed by atoms with E-state index in [1.54, 1.807) is 0 Å². The minimum Gasteiger partial charge on any atom is -0.444 e. The number of carbonyl (C=O) groups excluding carboxylic acids is 1. The Morgan fingerprint density at radius 1 is 1.44 bits per heavy atom. The summed E-state index contributed by atoms with van der Waals surface area (Å²) >= 11 is 0. The first-order chi connectivity index (χ1) is 8.31. The molecule has 4 heteroatoms. The maximum atomic E-state index is 11.6. The maximum absolute atomic E-state index is 11.6. The van der Waals surface area contributed by atoms with E-state index in [9.17, 15) is 4.79 Å². The molecule has 0 fully saturated rings. The van der Waals surface area contributed by atoms with E-state index in [0.29, 0.717) is 0 Å². The van der Waals surface area contributed by atoms with Gasteiger partial charge in [-0.3, -0.25) is 0 Å². The summed E-state index contributed by atoms with van der Waals surface area (Å²) in [5.41, 5.74) is 1.26. The van der Waals surface area contributed by atoms with E-state index in [1.165, 1.54) is 6.21 Å². The van der Waals surface area contributed by atoms with E-state index in [0.717, 1.165) is 11.1 Å². The van der Waals surface area contributed by atoms with Gasteiger partial charge in [0.25, 0.3) is 0 Å². The second-order valence-electron chi connectivity index (χ2n) is 5.18. The van der Waals surface area contributed by atoms with Crippen molar-refractivity contribution >= 4 is 12.3 Å². The Bertz CT molecular complexity index is 436. The zero-order chi connectivity index (χ0) is 13.8. The van der Waals surface area contributed by atoms with Crippen molar-refractivity contribution in [2.24, 2.45) is 0 Å². The van der Waals surface area contributed by atoms with Gasteiger partial charge in [-0.1, -0.05) is 18.2 Å². The molecule has 18 heavy (non-hydrogen) atoms. The van der Waals surface area contributed by atoms with Crippen molar-refractivity contribution in [2.45, 2.75) is 39.3 Å². The van der Waals surface area contributed by atoms with Crippen molar-refractivity contribution in [1.82, 2.24) is 5.32 Å². The highest BCUT2D eigenvalue weighted by Crippen LogP contribution is 2.15. The Morgan fingerprint density at radius 3 is 2.67 bits per heavy atom. The summed E-state index contributed by atoms with van der Waals surface area (Å²) in [6, 6.07) is 7.34. The van der Waals surface area contributed by atoms with E-state index in [4.69, 9.17) is 10.1 Å². The van der Waals surface area contributed by atoms with Crippen LogP contribution in [0.1, 0.15) is 44.9 Å². The topological polar surface area (TPSA) is 62.2 Å². The van der Waals surface area contributed by atoms with Crippen LogP contribution in [-0.2, 0) is 4.74 Å². The van der Waals surface area contributed by atoms with Crippen molar-refractivity contribution in [3.05, 3.63) is 35.4 Å². The lowest BCUT2D eigenvalue weighted by Crippen LogP contribution is -2.34. The normalized spacial score (nSPS) is 12.7. The van der Waals surface area contributed by atoms with Crippen molar-refractivity contribution in [2.75, 3.05) is 0 Å². The molecule has 1 rings (SSSR count). The number of carbonyl (C=O) groups is 1. The van der Waals surface area contributed by atoms with E-state index >= 15 is 0 Å². The number of hydrogen-bond acceptors (Lipinski definition) is 3. The van der Waals surface area contributed by atoms with Gasteiger partial charge in [0.15, 0.2) is 0 Å². The molecular formula is C14H20N2O2. The number of ether oxygens (including phenoxy) is 1. The molecule has 1 aromatic carbocycles. The van der Waals surface area contributed by atoms with Gasteiger partial charge in [-0.25, -0.2) is 4.79 Å². The predicted molar refractivity (Wildman–Crippen MR) is 72.1 cm³/mol. The minimum absolute atomic E-state index is 0.153. The highest BCUT2D eigenvalue weighted by molar-refractivity contribution is 5.77. The maximum Gasteiger partial charge on any atom is 0.408 e. The molecule has 1 atom stereocenters. The number of alkyl carbamates (subject to hydrolysis) is 1. The average molecular weight is 248 g/mol. The lowest BCUT2D eigenvalue weighted by atomic mass is 10.1. The molecule has 0 aliphatic carbocycles. The molecule has 0 aromatic heterocycles. The highest BCUT2D eigenvalue weighted by Gasteiger charge is 2.18. The third-order valence-electron chi connectivity index (χ3n) is 2.31. The van der Waals surface area contributed by atoms with Crippen molar-refractivity contribution in [3.63, 3.8) is 0 Å². The standard InChI is InChI=1S/C14H20N2O2/c1-10(16-13(17)18-14(2,3)4)12-7-5-6-11(8-12)9-15/h5-10,15H,1-4H3,(H,16,17). The first-order valence-electron chi connectivity index (χ1n) is 5.92. The Kier molecular flexibility index (Phi) is 4.48. The molecule has 98 valence electrons. The molecule has 2 N–H and O–H groups in total. The molecule has 0 saturated carbocycles. The second-order valence-corrected chi connectivity index (χ2v) is 5.18. The van der Waals surface area contributed by atoms with E-state index in [1.807, 2.05) is 52.0 Å². The third kappa shape index (κ3) is 4.57. The number of hydrogen-bond donors (Lipinski definition) is 2. The van der Waals surface area contributed by atoms with Crippen molar-refractivity contribution in [3.8, 4) is 0 Å². The molecule has 4 nitrogen and oxygen atoms in total. The van der Waals surface area contributed by atoms with Gasteiger partial charge >= 0.3 is 6.09 Å². The largest absolute Gasteiger partial charge is 0.444 e. The van der Waals surface area contributed by atoms with E-state index < -0.39 is 11.7 Å². The number of benzene rings is 1. The van der Waals surface area contributed by atoms with Gasteiger partial charge in [-0.05, 0) is 44.9 Å². The molecule has 0 heterocycles. The fourth-order valence-electron chi connectivity index (χ4n) is 1.49. The van der Waals surface area contributed by atoms with Crippen LogP contribution in [-0.4, -0.2) is 17.9 Å². The van der Waals surface area contributed by atoms with Crippen LogP contribution < -0.4 is 5.32 Å². The molecule has 0 spiro atoms. The summed E-state index contributed by atoms with van der Waals surface area (Å²) in [6.45, 7) is 7.36. The molecule has 1 aromatic rings.